The fourth-order valence-corrected chi connectivity index (χ4v) is 12.5. The Morgan fingerprint density at radius 1 is 0.778 bits per heavy atom. The average Bonchev–Trinajstić information content (AvgIpc) is 2.52. The maximum atomic E-state index is 10.7. The smallest absolute Gasteiger partial charge is 0.119 e. The molecule has 1 N–H and O–H groups in total. The minimum absolute atomic E-state index is 0.0411. The maximum Gasteiger partial charge on any atom is 0.119 e. The molecule has 1 aromatic rings. The summed E-state index contributed by atoms with van der Waals surface area (Å²) in [4.78, 5) is 1.39. The molecule has 0 aliphatic heterocycles. The van der Waals surface area contributed by atoms with E-state index >= 15 is 0 Å². The van der Waals surface area contributed by atoms with Crippen LogP contribution in [-0.2, 0) is 10.8 Å². The van der Waals surface area contributed by atoms with E-state index in [4.69, 9.17) is 0 Å². The van der Waals surface area contributed by atoms with E-state index in [9.17, 15) is 5.11 Å². The van der Waals surface area contributed by atoms with Gasteiger partial charge in [-0.25, -0.2) is 0 Å². The summed E-state index contributed by atoms with van der Waals surface area (Å²) in [6.07, 6.45) is 3.96. The minimum atomic E-state index is -1.24. The van der Waals surface area contributed by atoms with Gasteiger partial charge in [-0.3, -0.25) is 0 Å². The summed E-state index contributed by atoms with van der Waals surface area (Å²) in [6.45, 7) is 20.4. The number of aromatic hydroxyl groups is 1. The Balaban J connectivity index is 3.33. The number of phenols is 1. The van der Waals surface area contributed by atoms with Gasteiger partial charge in [-0.15, -0.1) is 11.8 Å². The van der Waals surface area contributed by atoms with E-state index in [1.165, 1.54) is 53.2 Å². The molecule has 0 saturated heterocycles. The van der Waals surface area contributed by atoms with Gasteiger partial charge in [-0.05, 0) is 33.9 Å². The first-order valence-electron chi connectivity index (χ1n) is 10.9. The predicted molar refractivity (Wildman–Crippen MR) is 127 cm³/mol. The van der Waals surface area contributed by atoms with Crippen LogP contribution in [0.25, 0.3) is 0 Å². The van der Waals surface area contributed by atoms with Gasteiger partial charge in [-0.1, -0.05) is 99.7 Å². The zero-order valence-corrected chi connectivity index (χ0v) is 21.3. The summed E-state index contributed by atoms with van der Waals surface area (Å²) < 4.78 is 0. The van der Waals surface area contributed by atoms with Gasteiger partial charge in [0.1, 0.15) is 5.75 Å². The van der Waals surface area contributed by atoms with Crippen molar-refractivity contribution >= 4 is 19.8 Å². The molecule has 0 amide bonds. The largest absolute Gasteiger partial charge is 0.508 e. The van der Waals surface area contributed by atoms with Crippen LogP contribution in [0, 0.1) is 0 Å². The van der Waals surface area contributed by atoms with E-state index in [-0.39, 0.29) is 10.8 Å². The van der Waals surface area contributed by atoms with Crippen molar-refractivity contribution in [3.8, 4) is 5.75 Å². The highest BCUT2D eigenvalue weighted by Crippen LogP contribution is 2.42. The summed E-state index contributed by atoms with van der Waals surface area (Å²) in [5, 5.41) is 12.0. The summed E-state index contributed by atoms with van der Waals surface area (Å²) in [5.41, 5.74) is 2.37. The molecule has 0 spiro atoms. The van der Waals surface area contributed by atoms with Crippen molar-refractivity contribution in [3.63, 3.8) is 0 Å². The van der Waals surface area contributed by atoms with Crippen LogP contribution in [0.15, 0.2) is 17.0 Å². The van der Waals surface area contributed by atoms with Gasteiger partial charge in [-0.2, -0.15) is 0 Å². The highest BCUT2D eigenvalue weighted by molar-refractivity contribution is 8.01. The summed E-state index contributed by atoms with van der Waals surface area (Å²) in [7, 11) is -1.24. The lowest BCUT2D eigenvalue weighted by atomic mass is 9.81. The van der Waals surface area contributed by atoms with E-state index in [1.807, 2.05) is 6.07 Å². The Bertz CT molecular complexity index is 579. The Morgan fingerprint density at radius 3 is 1.59 bits per heavy atom. The molecule has 0 bridgehead atoms. The number of rotatable bonds is 9. The molecule has 0 unspecified atom stereocenters. The zero-order chi connectivity index (χ0) is 20.9. The quantitative estimate of drug-likeness (QED) is 0.327. The van der Waals surface area contributed by atoms with Crippen molar-refractivity contribution in [2.75, 3.05) is 5.38 Å². The Hall–Kier alpha value is -0.413. The molecule has 1 nitrogen and oxygen atoms in total. The molecule has 0 aromatic heterocycles. The Labute approximate surface area is 174 Å². The van der Waals surface area contributed by atoms with Crippen molar-refractivity contribution in [2.45, 2.75) is 115 Å². The maximum absolute atomic E-state index is 10.7. The molecule has 0 saturated carbocycles. The molecule has 0 fully saturated rings. The van der Waals surface area contributed by atoms with Gasteiger partial charge >= 0.3 is 0 Å². The highest BCUT2D eigenvalue weighted by atomic mass is 32.2. The number of hydrogen-bond donors (Lipinski definition) is 1. The van der Waals surface area contributed by atoms with Crippen LogP contribution in [0.2, 0.25) is 18.1 Å². The first kappa shape index (κ1) is 24.6. The standard InChI is InChI=1S/C24H44OSSi/c1-10-13-27(14-11-2,15-12-3)18-26-22-17-19(23(4,5)6)21(25)16-20(22)24(7,8)9/h16-17,25H,10-15,18H2,1-9H3. The second-order valence-electron chi connectivity index (χ2n) is 10.4. The van der Waals surface area contributed by atoms with Gasteiger partial charge in [0.25, 0.3) is 0 Å². The van der Waals surface area contributed by atoms with Crippen LogP contribution in [0.3, 0.4) is 0 Å². The second kappa shape index (κ2) is 9.87. The van der Waals surface area contributed by atoms with Crippen LogP contribution in [0.1, 0.15) is 92.7 Å². The lowest BCUT2D eigenvalue weighted by Gasteiger charge is -2.33. The normalized spacial score (nSPS) is 13.2. The van der Waals surface area contributed by atoms with Crippen LogP contribution in [0.5, 0.6) is 5.75 Å². The first-order valence-corrected chi connectivity index (χ1v) is 14.7. The van der Waals surface area contributed by atoms with Gasteiger partial charge in [0.2, 0.25) is 0 Å². The fraction of sp³-hybridized carbons (Fsp3) is 0.750. The Kier molecular flexibility index (Phi) is 9.00. The number of benzene rings is 1. The number of hydrogen-bond acceptors (Lipinski definition) is 2. The highest BCUT2D eigenvalue weighted by Gasteiger charge is 2.32. The molecule has 3 heteroatoms. The van der Waals surface area contributed by atoms with E-state index in [2.05, 4.69) is 80.1 Å². The van der Waals surface area contributed by atoms with Gasteiger partial charge in [0, 0.05) is 10.5 Å². The van der Waals surface area contributed by atoms with E-state index < -0.39 is 8.07 Å². The first-order chi connectivity index (χ1) is 12.4. The summed E-state index contributed by atoms with van der Waals surface area (Å²) in [6, 6.07) is 8.71. The molecular weight excluding hydrogens is 364 g/mol. The molecule has 0 aliphatic carbocycles. The predicted octanol–water partition coefficient (Wildman–Crippen LogP) is 8.30. The van der Waals surface area contributed by atoms with Crippen LogP contribution in [-0.4, -0.2) is 18.6 Å². The van der Waals surface area contributed by atoms with Crippen LogP contribution < -0.4 is 0 Å². The van der Waals surface area contributed by atoms with E-state index in [0.717, 1.165) is 5.56 Å². The molecular formula is C24H44OSSi. The summed E-state index contributed by atoms with van der Waals surface area (Å²) in [5.74, 6) is 0.455. The van der Waals surface area contributed by atoms with Gasteiger partial charge < -0.3 is 5.11 Å². The molecule has 27 heavy (non-hydrogen) atoms. The minimum Gasteiger partial charge on any atom is -0.508 e. The number of thioether (sulfide) groups is 1. The third kappa shape index (κ3) is 6.85. The van der Waals surface area contributed by atoms with Crippen molar-refractivity contribution in [1.82, 2.24) is 0 Å². The molecule has 0 aliphatic rings. The average molecular weight is 409 g/mol. The number of phenolic OH excluding ortho intramolecular Hbond substituents is 1. The molecule has 1 rings (SSSR count). The molecule has 156 valence electrons. The second-order valence-corrected chi connectivity index (χ2v) is 16.8. The summed E-state index contributed by atoms with van der Waals surface area (Å²) >= 11 is 2.09. The van der Waals surface area contributed by atoms with E-state index in [0.29, 0.717) is 5.75 Å². The molecule has 1 aromatic carbocycles. The van der Waals surface area contributed by atoms with E-state index in [1.54, 1.807) is 0 Å². The van der Waals surface area contributed by atoms with Crippen molar-refractivity contribution in [3.05, 3.63) is 23.3 Å². The third-order valence-electron chi connectivity index (χ3n) is 5.59. The lowest BCUT2D eigenvalue weighted by molar-refractivity contribution is 0.441. The van der Waals surface area contributed by atoms with Crippen molar-refractivity contribution in [2.24, 2.45) is 0 Å². The van der Waals surface area contributed by atoms with Crippen molar-refractivity contribution in [1.29, 1.82) is 0 Å². The van der Waals surface area contributed by atoms with Crippen molar-refractivity contribution < 1.29 is 5.11 Å². The SMILES string of the molecule is CCC[Si](CCC)(CCC)CSc1cc(C(C)(C)C)c(O)cc1C(C)(C)C. The fourth-order valence-electron chi connectivity index (χ4n) is 4.29. The molecule has 0 radical (unpaired) electrons. The molecule has 0 atom stereocenters. The lowest BCUT2D eigenvalue weighted by Crippen LogP contribution is -2.37. The van der Waals surface area contributed by atoms with Gasteiger partial charge in [0.05, 0.1) is 8.07 Å². The third-order valence-corrected chi connectivity index (χ3v) is 13.9. The molecule has 0 heterocycles. The Morgan fingerprint density at radius 2 is 1.22 bits per heavy atom. The monoisotopic (exact) mass is 408 g/mol. The topological polar surface area (TPSA) is 20.2 Å². The van der Waals surface area contributed by atoms with Crippen LogP contribution >= 0.6 is 11.8 Å². The van der Waals surface area contributed by atoms with Gasteiger partial charge in [0.15, 0.2) is 0 Å². The van der Waals surface area contributed by atoms with Crippen LogP contribution in [0.4, 0.5) is 0 Å². The zero-order valence-electron chi connectivity index (χ0n) is 19.5.